The van der Waals surface area contributed by atoms with Crippen LogP contribution < -0.4 is 4.74 Å². The van der Waals surface area contributed by atoms with Gasteiger partial charge in [-0.1, -0.05) is 6.07 Å². The van der Waals surface area contributed by atoms with Crippen molar-refractivity contribution in [3.63, 3.8) is 0 Å². The summed E-state index contributed by atoms with van der Waals surface area (Å²) in [6, 6.07) is 5.59. The summed E-state index contributed by atoms with van der Waals surface area (Å²) in [6.45, 7) is 2.38. The lowest BCUT2D eigenvalue weighted by molar-refractivity contribution is -0.122. The monoisotopic (exact) mass is 326 g/mol. The standard InChI is InChI=1S/C17H18N4O3/c22-16(14-9-18-6-7-19-14)21-11-17(12-21)13(4-8-24-17)10-23-15-3-1-2-5-20-15/h1-3,5-7,9,13H,4,8,10-12H2. The van der Waals surface area contributed by atoms with Crippen molar-refractivity contribution in [2.45, 2.75) is 12.0 Å². The largest absolute Gasteiger partial charge is 0.477 e. The second kappa shape index (κ2) is 6.16. The molecule has 0 aliphatic carbocycles. The predicted octanol–water partition coefficient (Wildman–Crippen LogP) is 1.18. The first-order chi connectivity index (χ1) is 11.8. The van der Waals surface area contributed by atoms with Gasteiger partial charge in [0.2, 0.25) is 5.88 Å². The van der Waals surface area contributed by atoms with Crippen LogP contribution in [-0.2, 0) is 4.74 Å². The van der Waals surface area contributed by atoms with Crippen molar-refractivity contribution in [2.75, 3.05) is 26.3 Å². The zero-order valence-corrected chi connectivity index (χ0v) is 13.2. The van der Waals surface area contributed by atoms with E-state index in [-0.39, 0.29) is 17.4 Å². The Morgan fingerprint density at radius 2 is 2.21 bits per heavy atom. The third-order valence-corrected chi connectivity index (χ3v) is 4.66. The first-order valence-corrected chi connectivity index (χ1v) is 8.00. The molecule has 2 aliphatic rings. The van der Waals surface area contributed by atoms with E-state index in [1.165, 1.54) is 12.4 Å². The summed E-state index contributed by atoms with van der Waals surface area (Å²) in [5.74, 6) is 0.769. The van der Waals surface area contributed by atoms with Crippen molar-refractivity contribution < 1.29 is 14.3 Å². The van der Waals surface area contributed by atoms with Crippen LogP contribution in [0.25, 0.3) is 0 Å². The number of rotatable bonds is 4. The molecule has 2 aromatic rings. The summed E-state index contributed by atoms with van der Waals surface area (Å²) < 4.78 is 11.7. The van der Waals surface area contributed by atoms with E-state index in [0.717, 1.165) is 6.42 Å². The van der Waals surface area contributed by atoms with Gasteiger partial charge in [0.05, 0.1) is 25.9 Å². The highest BCUT2D eigenvalue weighted by molar-refractivity contribution is 5.92. The van der Waals surface area contributed by atoms with E-state index in [2.05, 4.69) is 15.0 Å². The number of carbonyl (C=O) groups excluding carboxylic acids is 1. The van der Waals surface area contributed by atoms with Gasteiger partial charge in [0, 0.05) is 37.2 Å². The Labute approximate surface area is 139 Å². The van der Waals surface area contributed by atoms with Gasteiger partial charge in [-0.05, 0) is 12.5 Å². The summed E-state index contributed by atoms with van der Waals surface area (Å²) in [6.07, 6.45) is 7.21. The summed E-state index contributed by atoms with van der Waals surface area (Å²) in [7, 11) is 0. The lowest BCUT2D eigenvalue weighted by Gasteiger charge is -2.49. The number of hydrogen-bond donors (Lipinski definition) is 0. The molecule has 0 radical (unpaired) electrons. The Balaban J connectivity index is 1.37. The number of pyridine rings is 1. The van der Waals surface area contributed by atoms with Crippen molar-refractivity contribution in [3.8, 4) is 5.88 Å². The maximum Gasteiger partial charge on any atom is 0.274 e. The smallest absolute Gasteiger partial charge is 0.274 e. The highest BCUT2D eigenvalue weighted by Gasteiger charge is 2.55. The first-order valence-electron chi connectivity index (χ1n) is 8.00. The van der Waals surface area contributed by atoms with E-state index < -0.39 is 0 Å². The molecule has 2 aliphatic heterocycles. The fourth-order valence-electron chi connectivity index (χ4n) is 3.30. The number of amides is 1. The highest BCUT2D eigenvalue weighted by Crippen LogP contribution is 2.40. The summed E-state index contributed by atoms with van der Waals surface area (Å²) in [5, 5.41) is 0. The van der Waals surface area contributed by atoms with Crippen molar-refractivity contribution in [1.82, 2.24) is 19.9 Å². The van der Waals surface area contributed by atoms with Gasteiger partial charge in [0.1, 0.15) is 11.3 Å². The quantitative estimate of drug-likeness (QED) is 0.840. The highest BCUT2D eigenvalue weighted by atomic mass is 16.5. The molecule has 7 heteroatoms. The second-order valence-electron chi connectivity index (χ2n) is 6.13. The molecule has 7 nitrogen and oxygen atoms in total. The van der Waals surface area contributed by atoms with Crippen molar-refractivity contribution in [2.24, 2.45) is 5.92 Å². The van der Waals surface area contributed by atoms with Crippen LogP contribution in [0.1, 0.15) is 16.9 Å². The Bertz CT molecular complexity index is 704. The Morgan fingerprint density at radius 1 is 1.29 bits per heavy atom. The van der Waals surface area contributed by atoms with E-state index in [9.17, 15) is 4.79 Å². The molecule has 2 aromatic heterocycles. The molecule has 1 spiro atoms. The van der Waals surface area contributed by atoms with E-state index in [4.69, 9.17) is 9.47 Å². The molecule has 2 fully saturated rings. The zero-order chi connectivity index (χ0) is 16.4. The fraction of sp³-hybridized carbons (Fsp3) is 0.412. The third-order valence-electron chi connectivity index (χ3n) is 4.66. The van der Waals surface area contributed by atoms with Gasteiger partial charge < -0.3 is 14.4 Å². The molecule has 0 aromatic carbocycles. The maximum atomic E-state index is 12.4. The average molecular weight is 326 g/mol. The summed E-state index contributed by atoms with van der Waals surface area (Å²) >= 11 is 0. The molecular weight excluding hydrogens is 308 g/mol. The predicted molar refractivity (Wildman–Crippen MR) is 84.5 cm³/mol. The lowest BCUT2D eigenvalue weighted by Crippen LogP contribution is -2.66. The number of likely N-dealkylation sites (tertiary alicyclic amines) is 1. The topological polar surface area (TPSA) is 77.4 Å². The molecule has 1 amide bonds. The minimum atomic E-state index is -0.299. The van der Waals surface area contributed by atoms with Gasteiger partial charge in [-0.2, -0.15) is 0 Å². The van der Waals surface area contributed by atoms with Gasteiger partial charge in [-0.25, -0.2) is 9.97 Å². The van der Waals surface area contributed by atoms with E-state index in [1.807, 2.05) is 18.2 Å². The second-order valence-corrected chi connectivity index (χ2v) is 6.13. The number of aromatic nitrogens is 3. The first kappa shape index (κ1) is 15.0. The van der Waals surface area contributed by atoms with Gasteiger partial charge in [0.15, 0.2) is 0 Å². The molecule has 24 heavy (non-hydrogen) atoms. The molecule has 2 saturated heterocycles. The molecule has 4 rings (SSSR count). The minimum Gasteiger partial charge on any atom is -0.477 e. The molecule has 1 atom stereocenters. The van der Waals surface area contributed by atoms with Crippen LogP contribution in [0.5, 0.6) is 5.88 Å². The van der Waals surface area contributed by atoms with Crippen LogP contribution >= 0.6 is 0 Å². The molecule has 0 bridgehead atoms. The summed E-state index contributed by atoms with van der Waals surface area (Å²) in [4.78, 5) is 26.3. The molecule has 0 saturated carbocycles. The minimum absolute atomic E-state index is 0.103. The lowest BCUT2D eigenvalue weighted by atomic mass is 9.81. The van der Waals surface area contributed by atoms with Crippen molar-refractivity contribution in [1.29, 1.82) is 0 Å². The average Bonchev–Trinajstić information content (AvgIpc) is 3.04. The number of nitrogens with zero attached hydrogens (tertiary/aromatic N) is 4. The van der Waals surface area contributed by atoms with Crippen LogP contribution in [0.4, 0.5) is 0 Å². The third kappa shape index (κ3) is 2.71. The fourth-order valence-corrected chi connectivity index (χ4v) is 3.30. The van der Waals surface area contributed by atoms with Crippen molar-refractivity contribution >= 4 is 5.91 Å². The molecular formula is C17H18N4O3. The molecule has 1 unspecified atom stereocenters. The van der Waals surface area contributed by atoms with Crippen LogP contribution in [0, 0.1) is 5.92 Å². The Kier molecular flexibility index (Phi) is 3.86. The van der Waals surface area contributed by atoms with Crippen molar-refractivity contribution in [3.05, 3.63) is 48.7 Å². The molecule has 4 heterocycles. The Morgan fingerprint density at radius 3 is 2.96 bits per heavy atom. The van der Waals surface area contributed by atoms with E-state index in [1.54, 1.807) is 17.3 Å². The number of hydrogen-bond acceptors (Lipinski definition) is 6. The van der Waals surface area contributed by atoms with Gasteiger partial charge in [-0.3, -0.25) is 9.78 Å². The van der Waals surface area contributed by atoms with Crippen LogP contribution in [-0.4, -0.2) is 57.7 Å². The number of ether oxygens (including phenoxy) is 2. The van der Waals surface area contributed by atoms with Crippen LogP contribution in [0.15, 0.2) is 43.0 Å². The normalized spacial score (nSPS) is 21.5. The van der Waals surface area contributed by atoms with E-state index in [0.29, 0.717) is 37.9 Å². The van der Waals surface area contributed by atoms with E-state index >= 15 is 0 Å². The van der Waals surface area contributed by atoms with Gasteiger partial charge >= 0.3 is 0 Å². The summed E-state index contributed by atoms with van der Waals surface area (Å²) in [5.41, 5.74) is 0.0683. The molecule has 124 valence electrons. The number of carbonyl (C=O) groups is 1. The van der Waals surface area contributed by atoms with Crippen LogP contribution in [0.3, 0.4) is 0 Å². The molecule has 0 N–H and O–H groups in total. The van der Waals surface area contributed by atoms with Gasteiger partial charge in [-0.15, -0.1) is 0 Å². The Hall–Kier alpha value is -2.54. The van der Waals surface area contributed by atoms with Gasteiger partial charge in [0.25, 0.3) is 5.91 Å². The maximum absolute atomic E-state index is 12.4. The SMILES string of the molecule is O=C(c1cnccn1)N1CC2(C1)OCCC2COc1ccccn1. The van der Waals surface area contributed by atoms with Crippen LogP contribution in [0.2, 0.25) is 0 Å². The zero-order valence-electron chi connectivity index (χ0n) is 13.2.